The highest BCUT2D eigenvalue weighted by molar-refractivity contribution is 6.08. The van der Waals surface area contributed by atoms with Gasteiger partial charge in [0.25, 0.3) is 5.56 Å². The van der Waals surface area contributed by atoms with Crippen LogP contribution in [0.2, 0.25) is 0 Å². The standard InChI is InChI=1S/C26H23N3O4/c1-32-13-12-29(15-23-27-21-9-5-4-8-20(21)26(31)28-23)24(30)14-18-16-33-22-11-10-17-6-2-3-7-19(17)25(18)22/h2-11,16H,12-15H2,1H3,(H,27,28,31). The fourth-order valence-electron chi connectivity index (χ4n) is 4.16. The molecular formula is C26H23N3O4. The van der Waals surface area contributed by atoms with Crippen molar-refractivity contribution >= 4 is 38.6 Å². The highest BCUT2D eigenvalue weighted by Gasteiger charge is 2.19. The van der Waals surface area contributed by atoms with Crippen LogP contribution in [0.5, 0.6) is 0 Å². The summed E-state index contributed by atoms with van der Waals surface area (Å²) in [5.74, 6) is 0.337. The van der Waals surface area contributed by atoms with Gasteiger partial charge in [0.05, 0.1) is 36.7 Å². The number of carbonyl (C=O) groups excluding carboxylic acids is 1. The summed E-state index contributed by atoms with van der Waals surface area (Å²) in [6, 6.07) is 19.1. The molecule has 0 aliphatic heterocycles. The molecule has 0 spiro atoms. The van der Waals surface area contributed by atoms with E-state index in [4.69, 9.17) is 9.15 Å². The van der Waals surface area contributed by atoms with Crippen molar-refractivity contribution < 1.29 is 13.9 Å². The number of para-hydroxylation sites is 1. The Kier molecular flexibility index (Phi) is 5.62. The summed E-state index contributed by atoms with van der Waals surface area (Å²) < 4.78 is 11.0. The zero-order valence-corrected chi connectivity index (χ0v) is 18.2. The molecule has 0 bridgehead atoms. The van der Waals surface area contributed by atoms with Crippen molar-refractivity contribution in [3.8, 4) is 0 Å². The number of nitrogens with one attached hydrogen (secondary N) is 1. The van der Waals surface area contributed by atoms with Gasteiger partial charge in [0.2, 0.25) is 5.91 Å². The number of nitrogens with zero attached hydrogens (tertiary/aromatic N) is 2. The number of hydrogen-bond acceptors (Lipinski definition) is 5. The van der Waals surface area contributed by atoms with E-state index in [0.717, 1.165) is 27.3 Å². The Labute approximate surface area is 189 Å². The molecule has 5 rings (SSSR count). The second-order valence-corrected chi connectivity index (χ2v) is 7.94. The van der Waals surface area contributed by atoms with Crippen molar-refractivity contribution in [3.05, 3.63) is 88.7 Å². The van der Waals surface area contributed by atoms with E-state index < -0.39 is 0 Å². The zero-order chi connectivity index (χ0) is 22.8. The van der Waals surface area contributed by atoms with Gasteiger partial charge < -0.3 is 19.0 Å². The lowest BCUT2D eigenvalue weighted by atomic mass is 10.0. The number of benzene rings is 3. The van der Waals surface area contributed by atoms with E-state index in [1.54, 1.807) is 36.5 Å². The Morgan fingerprint density at radius 2 is 1.85 bits per heavy atom. The van der Waals surface area contributed by atoms with Crippen LogP contribution in [0.1, 0.15) is 11.4 Å². The van der Waals surface area contributed by atoms with Crippen LogP contribution in [0.15, 0.2) is 76.1 Å². The van der Waals surface area contributed by atoms with Gasteiger partial charge in [-0.3, -0.25) is 9.59 Å². The predicted molar refractivity (Wildman–Crippen MR) is 127 cm³/mol. The number of hydrogen-bond donors (Lipinski definition) is 1. The van der Waals surface area contributed by atoms with Crippen LogP contribution in [0, 0.1) is 0 Å². The average Bonchev–Trinajstić information content (AvgIpc) is 3.25. The molecule has 1 N–H and O–H groups in total. The summed E-state index contributed by atoms with van der Waals surface area (Å²) in [6.45, 7) is 0.930. The first kappa shape index (κ1) is 20.9. The summed E-state index contributed by atoms with van der Waals surface area (Å²) in [7, 11) is 1.59. The SMILES string of the molecule is COCCN(Cc1nc2ccccc2c(=O)[nH]1)C(=O)Cc1coc2ccc3ccccc3c12. The van der Waals surface area contributed by atoms with Crippen molar-refractivity contribution in [2.45, 2.75) is 13.0 Å². The minimum absolute atomic E-state index is 0.0986. The third-order valence-corrected chi connectivity index (χ3v) is 5.80. The number of H-pyrrole nitrogens is 1. The second kappa shape index (κ2) is 8.88. The van der Waals surface area contributed by atoms with Gasteiger partial charge in [-0.1, -0.05) is 42.5 Å². The lowest BCUT2D eigenvalue weighted by Crippen LogP contribution is -2.35. The normalized spacial score (nSPS) is 11.4. The summed E-state index contributed by atoms with van der Waals surface area (Å²) in [5.41, 5.74) is 1.96. The molecule has 0 aliphatic carbocycles. The molecule has 0 radical (unpaired) electrons. The topological polar surface area (TPSA) is 88.4 Å². The molecule has 7 nitrogen and oxygen atoms in total. The molecule has 33 heavy (non-hydrogen) atoms. The van der Waals surface area contributed by atoms with Crippen molar-refractivity contribution in [1.82, 2.24) is 14.9 Å². The molecule has 0 unspecified atom stereocenters. The molecule has 1 amide bonds. The number of aromatic amines is 1. The van der Waals surface area contributed by atoms with Gasteiger partial charge in [-0.2, -0.15) is 0 Å². The Bertz CT molecular complexity index is 1520. The first-order valence-corrected chi connectivity index (χ1v) is 10.8. The van der Waals surface area contributed by atoms with Crippen LogP contribution >= 0.6 is 0 Å². The monoisotopic (exact) mass is 441 g/mol. The molecule has 0 saturated heterocycles. The molecule has 0 aliphatic rings. The highest BCUT2D eigenvalue weighted by Crippen LogP contribution is 2.30. The number of amides is 1. The third kappa shape index (κ3) is 4.10. The summed E-state index contributed by atoms with van der Waals surface area (Å²) >= 11 is 0. The van der Waals surface area contributed by atoms with Gasteiger partial charge >= 0.3 is 0 Å². The fraction of sp³-hybridized carbons (Fsp3) is 0.192. The van der Waals surface area contributed by atoms with Crippen LogP contribution in [0.25, 0.3) is 32.6 Å². The number of ether oxygens (including phenoxy) is 1. The smallest absolute Gasteiger partial charge is 0.258 e. The summed E-state index contributed by atoms with van der Waals surface area (Å²) in [4.78, 5) is 34.8. The Hall–Kier alpha value is -3.97. The first-order chi connectivity index (χ1) is 16.1. The van der Waals surface area contributed by atoms with Gasteiger partial charge in [0.15, 0.2) is 0 Å². The molecule has 7 heteroatoms. The van der Waals surface area contributed by atoms with E-state index in [1.165, 1.54) is 0 Å². The highest BCUT2D eigenvalue weighted by atomic mass is 16.5. The van der Waals surface area contributed by atoms with Crippen LogP contribution in [-0.4, -0.2) is 41.0 Å². The average molecular weight is 441 g/mol. The molecule has 166 valence electrons. The number of carbonyl (C=O) groups is 1. The third-order valence-electron chi connectivity index (χ3n) is 5.80. The Morgan fingerprint density at radius 3 is 2.70 bits per heavy atom. The number of furan rings is 1. The van der Waals surface area contributed by atoms with Crippen LogP contribution in [-0.2, 0) is 22.5 Å². The number of aromatic nitrogens is 2. The molecule has 3 aromatic carbocycles. The molecule has 2 heterocycles. The predicted octanol–water partition coefficient (Wildman–Crippen LogP) is 4.04. The first-order valence-electron chi connectivity index (χ1n) is 10.8. The van der Waals surface area contributed by atoms with Gasteiger partial charge in [0, 0.05) is 24.6 Å². The number of fused-ring (bicyclic) bond motifs is 4. The van der Waals surface area contributed by atoms with Crippen LogP contribution < -0.4 is 5.56 Å². The molecular weight excluding hydrogens is 418 g/mol. The van der Waals surface area contributed by atoms with Crippen molar-refractivity contribution in [3.63, 3.8) is 0 Å². The van der Waals surface area contributed by atoms with Crippen LogP contribution in [0.3, 0.4) is 0 Å². The van der Waals surface area contributed by atoms with E-state index in [0.29, 0.717) is 29.9 Å². The molecule has 0 fully saturated rings. The quantitative estimate of drug-likeness (QED) is 0.412. The Balaban J connectivity index is 1.46. The van der Waals surface area contributed by atoms with Gasteiger partial charge in [0.1, 0.15) is 11.4 Å². The minimum atomic E-state index is -0.220. The lowest BCUT2D eigenvalue weighted by molar-refractivity contribution is -0.131. The van der Waals surface area contributed by atoms with E-state index in [9.17, 15) is 9.59 Å². The van der Waals surface area contributed by atoms with Crippen molar-refractivity contribution in [2.24, 2.45) is 0 Å². The lowest BCUT2D eigenvalue weighted by Gasteiger charge is -2.22. The van der Waals surface area contributed by atoms with Crippen molar-refractivity contribution in [2.75, 3.05) is 20.3 Å². The summed E-state index contributed by atoms with van der Waals surface area (Å²) in [6.07, 6.45) is 1.82. The molecule has 0 atom stereocenters. The summed E-state index contributed by atoms with van der Waals surface area (Å²) in [5, 5.41) is 3.61. The van der Waals surface area contributed by atoms with E-state index in [1.807, 2.05) is 42.5 Å². The molecule has 5 aromatic rings. The van der Waals surface area contributed by atoms with Gasteiger partial charge in [-0.25, -0.2) is 4.98 Å². The maximum Gasteiger partial charge on any atom is 0.258 e. The second-order valence-electron chi connectivity index (χ2n) is 7.94. The van der Waals surface area contributed by atoms with Gasteiger partial charge in [-0.15, -0.1) is 0 Å². The number of methoxy groups -OCH3 is 1. The molecule has 2 aromatic heterocycles. The maximum absolute atomic E-state index is 13.4. The number of rotatable bonds is 7. The zero-order valence-electron chi connectivity index (χ0n) is 18.2. The largest absolute Gasteiger partial charge is 0.464 e. The maximum atomic E-state index is 13.4. The van der Waals surface area contributed by atoms with E-state index in [-0.39, 0.29) is 24.4 Å². The van der Waals surface area contributed by atoms with E-state index in [2.05, 4.69) is 9.97 Å². The van der Waals surface area contributed by atoms with Gasteiger partial charge in [-0.05, 0) is 29.0 Å². The Morgan fingerprint density at radius 1 is 1.06 bits per heavy atom. The van der Waals surface area contributed by atoms with Crippen LogP contribution in [0.4, 0.5) is 0 Å². The minimum Gasteiger partial charge on any atom is -0.464 e. The fourth-order valence-corrected chi connectivity index (χ4v) is 4.16. The van der Waals surface area contributed by atoms with E-state index >= 15 is 0 Å². The van der Waals surface area contributed by atoms with Crippen molar-refractivity contribution in [1.29, 1.82) is 0 Å². The molecule has 0 saturated carbocycles.